The summed E-state index contributed by atoms with van der Waals surface area (Å²) in [5.41, 5.74) is -0.354. The Hall–Kier alpha value is -1.25. The fraction of sp³-hybridized carbons (Fsp3) is 0.615. The van der Waals surface area contributed by atoms with Crippen molar-refractivity contribution in [3.05, 3.63) is 28.3 Å². The molecule has 1 N–H and O–H groups in total. The van der Waals surface area contributed by atoms with Crippen molar-refractivity contribution >= 4 is 0 Å². The molecule has 3 nitrogen and oxygen atoms in total. The molecule has 0 aliphatic carbocycles. The molecular weight excluding hydrogens is 204 g/mol. The van der Waals surface area contributed by atoms with Crippen molar-refractivity contribution in [3.8, 4) is 5.75 Å². The number of aryl methyl sites for hydroxylation is 1. The van der Waals surface area contributed by atoms with Crippen molar-refractivity contribution in [1.82, 2.24) is 0 Å². The fourth-order valence-electron chi connectivity index (χ4n) is 1.69. The third kappa shape index (κ3) is 4.09. The maximum atomic E-state index is 11.1. The van der Waals surface area contributed by atoms with Crippen LogP contribution in [-0.4, -0.2) is 5.11 Å². The van der Waals surface area contributed by atoms with Gasteiger partial charge >= 0.3 is 0 Å². The van der Waals surface area contributed by atoms with Gasteiger partial charge in [0.15, 0.2) is 0 Å². The van der Waals surface area contributed by atoms with Crippen LogP contribution in [0, 0.1) is 0 Å². The van der Waals surface area contributed by atoms with Crippen LogP contribution in [0.1, 0.15) is 51.2 Å². The van der Waals surface area contributed by atoms with Crippen molar-refractivity contribution in [3.63, 3.8) is 0 Å². The summed E-state index contributed by atoms with van der Waals surface area (Å²) in [6, 6.07) is 1.24. The Morgan fingerprint density at radius 1 is 1.19 bits per heavy atom. The molecule has 0 unspecified atom stereocenters. The van der Waals surface area contributed by atoms with Crippen molar-refractivity contribution < 1.29 is 9.52 Å². The lowest BCUT2D eigenvalue weighted by Crippen LogP contribution is -2.00. The van der Waals surface area contributed by atoms with E-state index >= 15 is 0 Å². The molecule has 1 aromatic rings. The molecule has 0 saturated heterocycles. The Kier molecular flexibility index (Phi) is 5.68. The minimum absolute atomic E-state index is 0.226. The lowest BCUT2D eigenvalue weighted by molar-refractivity contribution is 0.394. The third-order valence-electron chi connectivity index (χ3n) is 2.68. The molecule has 16 heavy (non-hydrogen) atoms. The molecule has 0 aliphatic heterocycles. The molecule has 90 valence electrons. The molecule has 0 radical (unpaired) electrons. The fourth-order valence-corrected chi connectivity index (χ4v) is 1.69. The summed E-state index contributed by atoms with van der Waals surface area (Å²) < 4.78 is 5.12. The summed E-state index contributed by atoms with van der Waals surface area (Å²) >= 11 is 0. The first-order chi connectivity index (χ1) is 7.75. The second kappa shape index (κ2) is 7.09. The third-order valence-corrected chi connectivity index (χ3v) is 2.68. The molecular formula is C13H20O3. The van der Waals surface area contributed by atoms with Crippen molar-refractivity contribution in [2.45, 2.75) is 51.9 Å². The van der Waals surface area contributed by atoms with Gasteiger partial charge in [0, 0.05) is 12.5 Å². The standard InChI is InChI=1S/C13H20O3/c1-2-3-4-5-6-7-8-12-13(15)11(14)9-10-16-12/h9-10,15H,2-8H2,1H3. The smallest absolute Gasteiger partial charge is 0.226 e. The van der Waals surface area contributed by atoms with Gasteiger partial charge in [-0.25, -0.2) is 0 Å². The first-order valence-electron chi connectivity index (χ1n) is 6.05. The van der Waals surface area contributed by atoms with Gasteiger partial charge in [0.2, 0.25) is 11.2 Å². The zero-order valence-corrected chi connectivity index (χ0v) is 9.87. The second-order valence-electron chi connectivity index (χ2n) is 4.07. The van der Waals surface area contributed by atoms with Gasteiger partial charge in [-0.1, -0.05) is 39.0 Å². The summed E-state index contributed by atoms with van der Waals surface area (Å²) in [6.45, 7) is 2.19. The monoisotopic (exact) mass is 224 g/mol. The minimum atomic E-state index is -0.354. The van der Waals surface area contributed by atoms with Crippen LogP contribution >= 0.6 is 0 Å². The van der Waals surface area contributed by atoms with Gasteiger partial charge in [0.25, 0.3) is 0 Å². The molecule has 3 heteroatoms. The van der Waals surface area contributed by atoms with E-state index in [4.69, 9.17) is 4.42 Å². The highest BCUT2D eigenvalue weighted by molar-refractivity contribution is 5.22. The topological polar surface area (TPSA) is 50.4 Å². The van der Waals surface area contributed by atoms with Crippen LogP contribution in [0.15, 0.2) is 21.5 Å². The van der Waals surface area contributed by atoms with Gasteiger partial charge < -0.3 is 9.52 Å². The van der Waals surface area contributed by atoms with Crippen LogP contribution in [-0.2, 0) is 6.42 Å². The van der Waals surface area contributed by atoms with E-state index < -0.39 is 0 Å². The summed E-state index contributed by atoms with van der Waals surface area (Å²) in [6.07, 6.45) is 9.08. The van der Waals surface area contributed by atoms with Gasteiger partial charge in [-0.05, 0) is 6.42 Å². The van der Waals surface area contributed by atoms with Crippen LogP contribution < -0.4 is 5.43 Å². The summed E-state index contributed by atoms with van der Waals surface area (Å²) in [7, 11) is 0. The van der Waals surface area contributed by atoms with E-state index in [1.807, 2.05) is 0 Å². The summed E-state index contributed by atoms with van der Waals surface area (Å²) in [4.78, 5) is 11.1. The first kappa shape index (κ1) is 12.8. The molecule has 0 saturated carbocycles. The van der Waals surface area contributed by atoms with E-state index in [0.717, 1.165) is 12.8 Å². The SMILES string of the molecule is CCCCCCCCc1occc(=O)c1O. The van der Waals surface area contributed by atoms with Gasteiger partial charge in [-0.15, -0.1) is 0 Å². The highest BCUT2D eigenvalue weighted by Crippen LogP contribution is 2.15. The van der Waals surface area contributed by atoms with Gasteiger partial charge in [0.05, 0.1) is 6.26 Å². The Morgan fingerprint density at radius 3 is 2.62 bits per heavy atom. The highest BCUT2D eigenvalue weighted by atomic mass is 16.4. The van der Waals surface area contributed by atoms with E-state index in [-0.39, 0.29) is 11.2 Å². The number of rotatable bonds is 7. The Morgan fingerprint density at radius 2 is 1.88 bits per heavy atom. The molecule has 0 aromatic carbocycles. The van der Waals surface area contributed by atoms with Crippen molar-refractivity contribution in [2.24, 2.45) is 0 Å². The zero-order chi connectivity index (χ0) is 11.8. The molecule has 1 heterocycles. The largest absolute Gasteiger partial charge is 0.502 e. The van der Waals surface area contributed by atoms with Crippen LogP contribution in [0.25, 0.3) is 0 Å². The van der Waals surface area contributed by atoms with Crippen LogP contribution in [0.3, 0.4) is 0 Å². The molecule has 0 bridgehead atoms. The van der Waals surface area contributed by atoms with Crippen molar-refractivity contribution in [1.29, 1.82) is 0 Å². The molecule has 0 spiro atoms. The molecule has 0 atom stereocenters. The maximum Gasteiger partial charge on any atom is 0.226 e. The quantitative estimate of drug-likeness (QED) is 0.723. The molecule has 0 amide bonds. The first-order valence-corrected chi connectivity index (χ1v) is 6.05. The van der Waals surface area contributed by atoms with E-state index in [1.165, 1.54) is 38.0 Å². The average molecular weight is 224 g/mol. The van der Waals surface area contributed by atoms with E-state index in [2.05, 4.69) is 6.92 Å². The van der Waals surface area contributed by atoms with Crippen LogP contribution in [0.4, 0.5) is 0 Å². The molecule has 0 fully saturated rings. The predicted molar refractivity (Wildman–Crippen MR) is 63.7 cm³/mol. The van der Waals surface area contributed by atoms with Crippen LogP contribution in [0.2, 0.25) is 0 Å². The molecule has 0 aliphatic rings. The number of hydrogen-bond donors (Lipinski definition) is 1. The van der Waals surface area contributed by atoms with Crippen molar-refractivity contribution in [2.75, 3.05) is 0 Å². The Bertz CT molecular complexity index is 354. The normalized spacial score (nSPS) is 10.6. The Balaban J connectivity index is 2.27. The lowest BCUT2D eigenvalue weighted by atomic mass is 10.1. The predicted octanol–water partition coefficient (Wildman–Crippen LogP) is 3.25. The Labute approximate surface area is 96.1 Å². The zero-order valence-electron chi connectivity index (χ0n) is 9.87. The number of hydrogen-bond acceptors (Lipinski definition) is 3. The average Bonchev–Trinajstić information content (AvgIpc) is 2.29. The lowest BCUT2D eigenvalue weighted by Gasteiger charge is -2.02. The minimum Gasteiger partial charge on any atom is -0.502 e. The second-order valence-corrected chi connectivity index (χ2v) is 4.07. The van der Waals surface area contributed by atoms with Gasteiger partial charge in [-0.2, -0.15) is 0 Å². The van der Waals surface area contributed by atoms with Gasteiger partial charge in [-0.3, -0.25) is 4.79 Å². The maximum absolute atomic E-state index is 11.1. The van der Waals surface area contributed by atoms with E-state index in [9.17, 15) is 9.90 Å². The van der Waals surface area contributed by atoms with E-state index in [1.54, 1.807) is 0 Å². The van der Waals surface area contributed by atoms with Gasteiger partial charge in [0.1, 0.15) is 5.76 Å². The molecule has 1 rings (SSSR count). The summed E-state index contributed by atoms with van der Waals surface area (Å²) in [5.74, 6) is 0.194. The number of unbranched alkanes of at least 4 members (excludes halogenated alkanes) is 5. The highest BCUT2D eigenvalue weighted by Gasteiger charge is 2.06. The summed E-state index contributed by atoms with van der Waals surface area (Å²) in [5, 5.41) is 9.43. The van der Waals surface area contributed by atoms with Crippen LogP contribution in [0.5, 0.6) is 5.75 Å². The van der Waals surface area contributed by atoms with E-state index in [0.29, 0.717) is 12.2 Å². The number of aromatic hydroxyl groups is 1. The molecule has 1 aromatic heterocycles.